The van der Waals surface area contributed by atoms with Crippen molar-refractivity contribution in [2.75, 3.05) is 11.5 Å². The lowest BCUT2D eigenvalue weighted by Gasteiger charge is -2.30. The second kappa shape index (κ2) is 22.9. The van der Waals surface area contributed by atoms with Crippen LogP contribution < -0.4 is 37.6 Å². The Morgan fingerprint density at radius 1 is 0.714 bits per heavy atom. The van der Waals surface area contributed by atoms with E-state index in [1.54, 1.807) is 27.7 Å². The van der Waals surface area contributed by atoms with Gasteiger partial charge in [-0.3, -0.25) is 33.6 Å². The molecule has 8 atom stereocenters. The molecule has 1 heterocycles. The van der Waals surface area contributed by atoms with Crippen molar-refractivity contribution >= 4 is 69.0 Å². The Balaban J connectivity index is 2.62. The summed E-state index contributed by atoms with van der Waals surface area (Å²) < 4.78 is 0. The van der Waals surface area contributed by atoms with E-state index in [0.29, 0.717) is 12.0 Å². The number of hydrogen-bond acceptors (Lipinski definition) is 12. The Labute approximate surface area is 333 Å². The van der Waals surface area contributed by atoms with Gasteiger partial charge < -0.3 is 53.0 Å². The fourth-order valence-electron chi connectivity index (χ4n) is 5.47. The zero-order valence-electron chi connectivity index (χ0n) is 32.3. The summed E-state index contributed by atoms with van der Waals surface area (Å²) in [7, 11) is 1.99. The lowest BCUT2D eigenvalue weighted by molar-refractivity contribution is -0.142. The molecule has 0 radical (unpaired) electrons. The van der Waals surface area contributed by atoms with Crippen molar-refractivity contribution in [1.82, 2.24) is 31.9 Å². The van der Waals surface area contributed by atoms with Crippen LogP contribution in [-0.2, 0) is 44.8 Å². The average molecular weight is 826 g/mol. The van der Waals surface area contributed by atoms with Gasteiger partial charge in [-0.15, -0.1) is 0 Å². The number of carboxylic acids is 2. The number of amides is 6. The number of rotatable bonds is 10. The summed E-state index contributed by atoms with van der Waals surface area (Å²) in [5, 5.41) is 44.5. The molecule has 6 amide bonds. The van der Waals surface area contributed by atoms with Gasteiger partial charge in [0.1, 0.15) is 42.0 Å². The summed E-state index contributed by atoms with van der Waals surface area (Å²) >= 11 is 0. The van der Waals surface area contributed by atoms with Crippen LogP contribution in [-0.4, -0.2) is 116 Å². The molecule has 18 nitrogen and oxygen atoms in total. The van der Waals surface area contributed by atoms with E-state index in [1.165, 1.54) is 24.3 Å². The molecule has 0 spiro atoms. The normalized spacial score (nSPS) is 26.2. The van der Waals surface area contributed by atoms with Crippen LogP contribution in [0.25, 0.3) is 0 Å². The first-order chi connectivity index (χ1) is 26.2. The zero-order valence-corrected chi connectivity index (χ0v) is 34.0. The highest BCUT2D eigenvalue weighted by molar-refractivity contribution is 8.76. The van der Waals surface area contributed by atoms with E-state index in [0.717, 1.165) is 21.6 Å². The van der Waals surface area contributed by atoms with Crippen LogP contribution in [0.5, 0.6) is 5.75 Å². The molecule has 1 fully saturated rings. The van der Waals surface area contributed by atoms with Gasteiger partial charge in [0.25, 0.3) is 0 Å². The molecule has 0 bridgehead atoms. The van der Waals surface area contributed by atoms with E-state index in [9.17, 15) is 53.7 Å². The predicted molar refractivity (Wildman–Crippen MR) is 210 cm³/mol. The number of hydrogen-bond donors (Lipinski definition) is 10. The highest BCUT2D eigenvalue weighted by Crippen LogP contribution is 2.23. The first-order valence-electron chi connectivity index (χ1n) is 18.3. The summed E-state index contributed by atoms with van der Waals surface area (Å²) in [6.45, 7) is 10.4. The van der Waals surface area contributed by atoms with Crippen molar-refractivity contribution < 1.29 is 53.7 Å². The second-order valence-corrected chi connectivity index (χ2v) is 17.0. The molecule has 1 aliphatic rings. The van der Waals surface area contributed by atoms with Gasteiger partial charge in [0.2, 0.25) is 35.4 Å². The number of aromatic hydroxyl groups is 1. The molecule has 11 N–H and O–H groups in total. The zero-order chi connectivity index (χ0) is 42.3. The third kappa shape index (κ3) is 15.5. The first kappa shape index (κ1) is 47.6. The highest BCUT2D eigenvalue weighted by atomic mass is 33.1. The van der Waals surface area contributed by atoms with Crippen LogP contribution in [0.15, 0.2) is 24.3 Å². The fraction of sp³-hybridized carbons (Fsp3) is 0.611. The quantitative estimate of drug-likeness (QED) is 0.138. The number of phenolic OH excluding ortho intramolecular Hbond substituents is 1. The molecule has 1 aromatic rings. The minimum atomic E-state index is -1.69. The van der Waals surface area contributed by atoms with Crippen LogP contribution in [0.4, 0.5) is 0 Å². The maximum Gasteiger partial charge on any atom is 0.327 e. The molecule has 56 heavy (non-hydrogen) atoms. The predicted octanol–water partition coefficient (Wildman–Crippen LogP) is -0.127. The van der Waals surface area contributed by atoms with Crippen LogP contribution >= 0.6 is 21.6 Å². The van der Waals surface area contributed by atoms with Crippen molar-refractivity contribution in [2.45, 2.75) is 110 Å². The van der Waals surface area contributed by atoms with E-state index in [1.807, 2.05) is 13.8 Å². The summed E-state index contributed by atoms with van der Waals surface area (Å²) in [5.74, 6) is -9.30. The van der Waals surface area contributed by atoms with Gasteiger partial charge in [0.15, 0.2) is 0 Å². The van der Waals surface area contributed by atoms with Gasteiger partial charge in [-0.05, 0) is 41.9 Å². The van der Waals surface area contributed by atoms with Crippen molar-refractivity contribution in [2.24, 2.45) is 23.5 Å². The minimum Gasteiger partial charge on any atom is -0.508 e. The van der Waals surface area contributed by atoms with Crippen molar-refractivity contribution in [3.8, 4) is 5.75 Å². The standard InChI is InChI=1S/C36H55N7O11S2/c1-7-19(6)29-35(52)41-26(36(53)54)16-56-55-15-22(37)30(47)38-25(14-27(45)46)31(48)39-24(13-20-8-10-21(44)11-9-20)33(50)42-28(18(4)5)34(51)40-23(12-17(2)3)32(49)43-29/h8-11,17-19,22-26,28-29,44H,7,12-16,37H2,1-6H3,(H,38,47)(H,39,48)(H,40,51)(H,41,52)(H,42,50)(H,43,49)(H,45,46)(H,53,54)/t19-,22-,23?,24?,25-,26?,28-,29-/m0/s1. The molecular weight excluding hydrogens is 771 g/mol. The topological polar surface area (TPSA) is 295 Å². The molecule has 2 rings (SSSR count). The van der Waals surface area contributed by atoms with E-state index in [4.69, 9.17) is 5.73 Å². The number of nitrogens with two attached hydrogens (primary N) is 1. The van der Waals surface area contributed by atoms with Gasteiger partial charge in [0.05, 0.1) is 12.5 Å². The number of benzene rings is 1. The Hall–Kier alpha value is -4.56. The van der Waals surface area contributed by atoms with E-state index < -0.39 is 108 Å². The van der Waals surface area contributed by atoms with Gasteiger partial charge >= 0.3 is 11.9 Å². The smallest absolute Gasteiger partial charge is 0.327 e. The van der Waals surface area contributed by atoms with Crippen LogP contribution in [0.1, 0.15) is 66.4 Å². The summed E-state index contributed by atoms with van der Waals surface area (Å²) in [4.78, 5) is 106. The largest absolute Gasteiger partial charge is 0.508 e. The monoisotopic (exact) mass is 825 g/mol. The SMILES string of the molecule is CC[C@H](C)[C@@H]1NC(=O)C(CC(C)C)NC(=O)[C@H](C(C)C)NC(=O)C(Cc2ccc(O)cc2)NC(=O)[C@H](CC(=O)O)NC(=O)[C@@H](N)CSSCC(C(=O)O)NC1=O. The van der Waals surface area contributed by atoms with Gasteiger partial charge in [-0.25, -0.2) is 4.79 Å². The molecule has 312 valence electrons. The summed E-state index contributed by atoms with van der Waals surface area (Å²) in [5.41, 5.74) is 6.51. The number of carbonyl (C=O) groups is 8. The molecular formula is C36H55N7O11S2. The summed E-state index contributed by atoms with van der Waals surface area (Å²) in [6, 6.07) is -3.72. The first-order valence-corrected chi connectivity index (χ1v) is 20.8. The lowest BCUT2D eigenvalue weighted by Crippen LogP contribution is -2.61. The molecule has 1 saturated heterocycles. The van der Waals surface area contributed by atoms with Crippen LogP contribution in [0.2, 0.25) is 0 Å². The molecule has 20 heteroatoms. The van der Waals surface area contributed by atoms with E-state index in [-0.39, 0.29) is 36.0 Å². The van der Waals surface area contributed by atoms with Crippen molar-refractivity contribution in [1.29, 1.82) is 0 Å². The maximum absolute atomic E-state index is 14.0. The van der Waals surface area contributed by atoms with Gasteiger partial charge in [-0.1, -0.05) is 81.7 Å². The fourth-order valence-corrected chi connectivity index (χ4v) is 7.75. The second-order valence-electron chi connectivity index (χ2n) is 14.5. The molecule has 3 unspecified atom stereocenters. The number of phenols is 1. The highest BCUT2D eigenvalue weighted by Gasteiger charge is 2.36. The molecule has 0 saturated carbocycles. The van der Waals surface area contributed by atoms with Crippen LogP contribution in [0, 0.1) is 17.8 Å². The molecule has 0 aliphatic carbocycles. The third-order valence-electron chi connectivity index (χ3n) is 8.92. The lowest BCUT2D eigenvalue weighted by atomic mass is 9.96. The van der Waals surface area contributed by atoms with E-state index >= 15 is 0 Å². The third-order valence-corrected chi connectivity index (χ3v) is 11.4. The Morgan fingerprint density at radius 2 is 1.23 bits per heavy atom. The number of carbonyl (C=O) groups excluding carboxylic acids is 6. The van der Waals surface area contributed by atoms with Crippen LogP contribution in [0.3, 0.4) is 0 Å². The minimum absolute atomic E-state index is 0.0631. The number of aliphatic carboxylic acids is 2. The number of carboxylic acid groups (broad SMARTS) is 2. The van der Waals surface area contributed by atoms with E-state index in [2.05, 4.69) is 31.9 Å². The Bertz CT molecular complexity index is 1560. The molecule has 1 aliphatic heterocycles. The summed E-state index contributed by atoms with van der Waals surface area (Å²) in [6.07, 6.45) is -0.498. The van der Waals surface area contributed by atoms with Crippen molar-refractivity contribution in [3.63, 3.8) is 0 Å². The maximum atomic E-state index is 14.0. The average Bonchev–Trinajstić information content (AvgIpc) is 3.12. The Kier molecular flexibility index (Phi) is 19.4. The molecule has 0 aromatic heterocycles. The number of nitrogens with one attached hydrogen (secondary N) is 6. The molecule has 1 aromatic carbocycles. The van der Waals surface area contributed by atoms with Crippen molar-refractivity contribution in [3.05, 3.63) is 29.8 Å². The van der Waals surface area contributed by atoms with Gasteiger partial charge in [0, 0.05) is 17.9 Å². The van der Waals surface area contributed by atoms with Gasteiger partial charge in [-0.2, -0.15) is 0 Å². The Morgan fingerprint density at radius 3 is 1.79 bits per heavy atom.